The van der Waals surface area contributed by atoms with E-state index in [-0.39, 0.29) is 0 Å². The predicted octanol–water partition coefficient (Wildman–Crippen LogP) is 6.85. The fraction of sp³-hybridized carbons (Fsp3) is 1.00. The third kappa shape index (κ3) is 3.58. The molecule has 1 aliphatic rings. The Balaban J connectivity index is 4.42. The summed E-state index contributed by atoms with van der Waals surface area (Å²) in [6.07, 6.45) is -32.9. The Bertz CT molecular complexity index is 769. The summed E-state index contributed by atoms with van der Waals surface area (Å²) in [5, 5.41) is 0. The van der Waals surface area contributed by atoms with Crippen molar-refractivity contribution in [2.75, 3.05) is 0 Å². The summed E-state index contributed by atoms with van der Waals surface area (Å²) in [7, 11) is 0. The molecule has 35 heavy (non-hydrogen) atoms. The molecule has 0 radical (unpaired) electrons. The van der Waals surface area contributed by atoms with Gasteiger partial charge in [-0.25, -0.2) is 9.13 Å². The minimum atomic E-state index is -9.49. The zero-order chi connectivity index (χ0) is 28.9. The topological polar surface area (TPSA) is 18.5 Å². The lowest BCUT2D eigenvalue weighted by atomic mass is 9.63. The molecule has 0 saturated heterocycles. The van der Waals surface area contributed by atoms with Gasteiger partial charge in [0.15, 0.2) is 0 Å². The van der Waals surface area contributed by atoms with Crippen LogP contribution in [0.4, 0.5) is 96.6 Å². The van der Waals surface area contributed by atoms with Crippen LogP contribution < -0.4 is 0 Å². The second-order valence-corrected chi connectivity index (χ2v) is 6.32. The summed E-state index contributed by atoms with van der Waals surface area (Å²) in [6, 6.07) is 0. The normalized spacial score (nSPS) is 25.9. The van der Waals surface area contributed by atoms with Crippen LogP contribution in [-0.4, -0.2) is 65.9 Å². The highest BCUT2D eigenvalue weighted by Crippen LogP contribution is 2.75. The largest absolute Gasteiger partial charge is 0.529 e. The molecule has 0 amide bonds. The first-order chi connectivity index (χ1) is 14.7. The first-order valence-corrected chi connectivity index (χ1v) is 7.22. The van der Waals surface area contributed by atoms with E-state index in [1.54, 1.807) is 0 Å². The highest BCUT2D eigenvalue weighted by Gasteiger charge is 3.09. The molecule has 24 heteroatoms. The van der Waals surface area contributed by atoms with E-state index in [0.717, 1.165) is 9.47 Å². The average Bonchev–Trinajstić information content (AvgIpc) is 2.52. The van der Waals surface area contributed by atoms with Crippen molar-refractivity contribution in [3.05, 3.63) is 0 Å². The molecule has 1 fully saturated rings. The average molecular weight is 582 g/mol. The van der Waals surface area contributed by atoms with Gasteiger partial charge in [0.25, 0.3) is 5.67 Å². The molecule has 0 N–H and O–H groups in total. The van der Waals surface area contributed by atoms with Crippen molar-refractivity contribution in [1.82, 2.24) is 0 Å². The minimum Gasteiger partial charge on any atom is -0.266 e. The number of alkyl halides is 22. The Kier molecular flexibility index (Phi) is 6.49. The summed E-state index contributed by atoms with van der Waals surface area (Å²) >= 11 is 0. The number of hydrogen-bond donors (Lipinski definition) is 0. The Morgan fingerprint density at radius 2 is 0.629 bits per heavy atom. The summed E-state index contributed by atoms with van der Waals surface area (Å²) in [5.74, 6) is -44.1. The van der Waals surface area contributed by atoms with Crippen LogP contribution in [0.25, 0.3) is 0 Å². The summed E-state index contributed by atoms with van der Waals surface area (Å²) in [6.45, 7) is 0. The Hall–Kier alpha value is -1.62. The third-order valence-electron chi connectivity index (χ3n) is 4.23. The monoisotopic (exact) mass is 582 g/mol. The van der Waals surface area contributed by atoms with E-state index < -0.39 is 65.9 Å². The second-order valence-electron chi connectivity index (χ2n) is 6.32. The first-order valence-electron chi connectivity index (χ1n) is 7.22. The third-order valence-corrected chi connectivity index (χ3v) is 4.23. The van der Waals surface area contributed by atoms with Gasteiger partial charge in [-0.3, -0.25) is 4.74 Å². The van der Waals surface area contributed by atoms with Crippen molar-refractivity contribution >= 4 is 0 Å². The highest BCUT2D eigenvalue weighted by atomic mass is 19.4. The van der Waals surface area contributed by atoms with Crippen molar-refractivity contribution in [1.29, 1.82) is 0 Å². The molecule has 0 heterocycles. The smallest absolute Gasteiger partial charge is 0.266 e. The molecule has 1 saturated carbocycles. The fourth-order valence-corrected chi connectivity index (χ4v) is 2.73. The van der Waals surface area contributed by atoms with E-state index in [1.165, 1.54) is 0 Å². The molecule has 0 aromatic carbocycles. The molecule has 0 unspecified atom stereocenters. The van der Waals surface area contributed by atoms with E-state index >= 15 is 0 Å². The molecule has 0 bridgehead atoms. The van der Waals surface area contributed by atoms with Crippen LogP contribution in [0.3, 0.4) is 0 Å². The minimum absolute atomic E-state index is 1.13. The van der Waals surface area contributed by atoms with Crippen LogP contribution in [0.2, 0.25) is 0 Å². The van der Waals surface area contributed by atoms with Crippen LogP contribution >= 0.6 is 0 Å². The van der Waals surface area contributed by atoms with Gasteiger partial charge < -0.3 is 0 Å². The standard InChI is InChI=1S/C11F22O2/c12-1(3(13,14)5(17,18)7(21,22)6(19,20)4(1,15)16)2(8(23,24)25,9(26,27)28)34-11(32,33)35-10(29,30)31. The quantitative estimate of drug-likeness (QED) is 0.267. The molecule has 1 aliphatic carbocycles. The molecular weight excluding hydrogens is 582 g/mol. The first kappa shape index (κ1) is 31.4. The highest BCUT2D eigenvalue weighted by molar-refractivity contribution is 5.34. The van der Waals surface area contributed by atoms with Crippen molar-refractivity contribution in [3.63, 3.8) is 0 Å². The zero-order valence-electron chi connectivity index (χ0n) is 14.6. The molecule has 0 aromatic rings. The van der Waals surface area contributed by atoms with Gasteiger partial charge >= 0.3 is 60.2 Å². The van der Waals surface area contributed by atoms with Crippen molar-refractivity contribution in [3.8, 4) is 0 Å². The molecule has 0 aliphatic heterocycles. The number of ether oxygens (including phenoxy) is 2. The second kappa shape index (κ2) is 7.24. The lowest BCUT2D eigenvalue weighted by Crippen LogP contribution is -2.92. The summed E-state index contributed by atoms with van der Waals surface area (Å²) < 4.78 is 293. The lowest BCUT2D eigenvalue weighted by molar-refractivity contribution is -0.589. The molecule has 210 valence electrons. The van der Waals surface area contributed by atoms with Crippen LogP contribution in [-0.2, 0) is 9.47 Å². The van der Waals surface area contributed by atoms with E-state index in [9.17, 15) is 96.6 Å². The Morgan fingerprint density at radius 3 is 0.857 bits per heavy atom. The van der Waals surface area contributed by atoms with Gasteiger partial charge in [0.05, 0.1) is 0 Å². The SMILES string of the molecule is FC(F)(F)OC(F)(F)OC(C(F)(F)F)(C(F)(F)F)C1(F)C(F)(F)C(F)(F)C(F)(F)C(F)(F)C1(F)F. The number of hydrogen-bond acceptors (Lipinski definition) is 2. The van der Waals surface area contributed by atoms with E-state index in [2.05, 4.69) is 0 Å². The van der Waals surface area contributed by atoms with E-state index in [0.29, 0.717) is 0 Å². The van der Waals surface area contributed by atoms with Crippen LogP contribution in [0.1, 0.15) is 0 Å². The van der Waals surface area contributed by atoms with Crippen molar-refractivity contribution in [2.45, 2.75) is 65.9 Å². The van der Waals surface area contributed by atoms with Gasteiger partial charge in [-0.15, -0.1) is 22.0 Å². The number of halogens is 22. The summed E-state index contributed by atoms with van der Waals surface area (Å²) in [4.78, 5) is 0. The fourth-order valence-electron chi connectivity index (χ4n) is 2.73. The van der Waals surface area contributed by atoms with Gasteiger partial charge in [0, 0.05) is 0 Å². The predicted molar refractivity (Wildman–Crippen MR) is 56.6 cm³/mol. The van der Waals surface area contributed by atoms with Crippen LogP contribution in [0.15, 0.2) is 0 Å². The molecule has 1 rings (SSSR count). The van der Waals surface area contributed by atoms with Gasteiger partial charge in [0.2, 0.25) is 0 Å². The molecule has 2 nitrogen and oxygen atoms in total. The van der Waals surface area contributed by atoms with Crippen molar-refractivity contribution < 1.29 is 106 Å². The number of rotatable bonds is 4. The van der Waals surface area contributed by atoms with Gasteiger partial charge in [0.1, 0.15) is 0 Å². The van der Waals surface area contributed by atoms with Crippen LogP contribution in [0, 0.1) is 0 Å². The van der Waals surface area contributed by atoms with Gasteiger partial charge in [-0.1, -0.05) is 0 Å². The molecule has 0 atom stereocenters. The molecule has 0 spiro atoms. The maximum absolute atomic E-state index is 14.7. The maximum Gasteiger partial charge on any atom is 0.529 e. The summed E-state index contributed by atoms with van der Waals surface area (Å²) in [5.41, 5.74) is -18.7. The Morgan fingerprint density at radius 1 is 0.371 bits per heavy atom. The lowest BCUT2D eigenvalue weighted by Gasteiger charge is -2.58. The van der Waals surface area contributed by atoms with Gasteiger partial charge in [-0.05, 0) is 0 Å². The Labute approximate surface area is 173 Å². The van der Waals surface area contributed by atoms with E-state index in [1.807, 2.05) is 0 Å². The van der Waals surface area contributed by atoms with Gasteiger partial charge in [-0.2, -0.15) is 70.2 Å². The van der Waals surface area contributed by atoms with E-state index in [4.69, 9.17) is 0 Å². The maximum atomic E-state index is 14.7. The molecular formula is C11F22O2. The zero-order valence-corrected chi connectivity index (χ0v) is 14.6. The molecule has 0 aromatic heterocycles. The van der Waals surface area contributed by atoms with Crippen LogP contribution in [0.5, 0.6) is 0 Å². The van der Waals surface area contributed by atoms with Crippen molar-refractivity contribution in [2.24, 2.45) is 0 Å².